The molecule has 0 bridgehead atoms. The van der Waals surface area contributed by atoms with Gasteiger partial charge in [0.25, 0.3) is 0 Å². The molecule has 0 aromatic carbocycles. The molecule has 0 radical (unpaired) electrons. The van der Waals surface area contributed by atoms with Gasteiger partial charge in [0.2, 0.25) is 0 Å². The van der Waals surface area contributed by atoms with E-state index in [0.717, 1.165) is 0 Å². The summed E-state index contributed by atoms with van der Waals surface area (Å²) in [5, 5.41) is 119. The van der Waals surface area contributed by atoms with Gasteiger partial charge in [-0.2, -0.15) is 0 Å². The third kappa shape index (κ3) is 8.73. The van der Waals surface area contributed by atoms with Gasteiger partial charge >= 0.3 is 29.6 Å². The second-order valence-electron chi connectivity index (χ2n) is 7.52. The molecule has 2 aliphatic heterocycles. The Balaban J connectivity index is 0.000000844. The van der Waals surface area contributed by atoms with Gasteiger partial charge < -0.3 is 80.6 Å². The van der Waals surface area contributed by atoms with Gasteiger partial charge in [-0.3, -0.25) is 0 Å². The SMILES string of the molecule is OC[C@@H](O)[C@H](O)[C@@H](O)CO.OC[C@H]1O[C@H](O[C@H]2[C@H](O)[C@@H](O)[C@H](O)O[C@@H]2CO)[C@H](O)[C@@H](O)[C@@H]1O.[NaH]. The minimum absolute atomic E-state index is 0. The van der Waals surface area contributed by atoms with Crippen molar-refractivity contribution in [3.63, 3.8) is 0 Å². The number of hydrogen-bond acceptors (Lipinski definition) is 16. The van der Waals surface area contributed by atoms with E-state index in [-0.39, 0.29) is 29.6 Å². The van der Waals surface area contributed by atoms with Crippen LogP contribution in [0, 0.1) is 0 Å². The third-order valence-electron chi connectivity index (χ3n) is 5.14. The number of aliphatic hydroxyl groups is 13. The maximum absolute atomic E-state index is 9.94. The molecule has 0 saturated carbocycles. The van der Waals surface area contributed by atoms with E-state index in [1.165, 1.54) is 0 Å². The minimum atomic E-state index is -1.74. The molecule has 0 spiro atoms. The zero-order valence-corrected chi connectivity index (χ0v) is 17.4. The van der Waals surface area contributed by atoms with Crippen LogP contribution in [-0.4, -0.2) is 202 Å². The van der Waals surface area contributed by atoms with Crippen molar-refractivity contribution in [2.75, 3.05) is 26.4 Å². The Morgan fingerprint density at radius 1 is 0.618 bits per heavy atom. The van der Waals surface area contributed by atoms with Gasteiger partial charge in [-0.15, -0.1) is 0 Å². The van der Waals surface area contributed by atoms with Crippen LogP contribution in [0.25, 0.3) is 0 Å². The van der Waals surface area contributed by atoms with Crippen LogP contribution in [0.1, 0.15) is 0 Å². The van der Waals surface area contributed by atoms with Gasteiger partial charge in [-0.05, 0) is 0 Å². The molecule has 13 N–H and O–H groups in total. The first kappa shape index (κ1) is 34.4. The summed E-state index contributed by atoms with van der Waals surface area (Å²) in [4.78, 5) is 0. The first-order chi connectivity index (χ1) is 15.4. The quantitative estimate of drug-likeness (QED) is 0.133. The predicted molar refractivity (Wildman–Crippen MR) is 108 cm³/mol. The Morgan fingerprint density at radius 2 is 1.12 bits per heavy atom. The Morgan fingerprint density at radius 3 is 1.56 bits per heavy atom. The summed E-state index contributed by atoms with van der Waals surface area (Å²) >= 11 is 0. The normalized spacial score (nSPS) is 40.9. The van der Waals surface area contributed by atoms with Gasteiger partial charge in [-0.25, -0.2) is 0 Å². The van der Waals surface area contributed by atoms with Crippen molar-refractivity contribution in [3.05, 3.63) is 0 Å². The summed E-state index contributed by atoms with van der Waals surface area (Å²) in [6.45, 7) is -2.63. The third-order valence-corrected chi connectivity index (χ3v) is 5.14. The van der Waals surface area contributed by atoms with E-state index in [1.807, 2.05) is 0 Å². The Labute approximate surface area is 216 Å². The average Bonchev–Trinajstić information content (AvgIpc) is 2.82. The van der Waals surface area contributed by atoms with Gasteiger partial charge in [0.1, 0.15) is 67.1 Å². The molecule has 0 aromatic rings. The molecule has 2 fully saturated rings. The fourth-order valence-corrected chi connectivity index (χ4v) is 3.04. The summed E-state index contributed by atoms with van der Waals surface area (Å²) in [6, 6.07) is 0. The molecule has 16 nitrogen and oxygen atoms in total. The van der Waals surface area contributed by atoms with Crippen LogP contribution in [0.4, 0.5) is 0 Å². The summed E-state index contributed by atoms with van der Waals surface area (Å²) < 4.78 is 15.3. The van der Waals surface area contributed by atoms with E-state index in [2.05, 4.69) is 0 Å². The van der Waals surface area contributed by atoms with E-state index in [0.29, 0.717) is 0 Å². The number of aliphatic hydroxyl groups excluding tert-OH is 13. The zero-order chi connectivity index (χ0) is 25.5. The van der Waals surface area contributed by atoms with Crippen molar-refractivity contribution in [1.82, 2.24) is 0 Å². The van der Waals surface area contributed by atoms with Crippen LogP contribution in [0.3, 0.4) is 0 Å². The molecule has 2 aliphatic rings. The standard InChI is InChI=1S/C12H22O11.C5H12O5.Na.H/c13-1-3-5(15)6(16)9(19)12(22-3)23-10-4(2-14)21-11(20)8(18)7(10)17;6-1-3(8)5(10)4(9)2-7;;/h3-20H,1-2H2;3-10H,1-2H2;;/t3-,4-,5-,6+,7-,8-,9-,10-,11-,12-;3-,4+,5+;;/m1.../s1. The van der Waals surface area contributed by atoms with Gasteiger partial charge in [0.15, 0.2) is 12.6 Å². The summed E-state index contributed by atoms with van der Waals surface area (Å²) in [6.07, 6.45) is -19.9. The van der Waals surface area contributed by atoms with Crippen LogP contribution < -0.4 is 0 Å². The fourth-order valence-electron chi connectivity index (χ4n) is 3.04. The maximum atomic E-state index is 9.94. The molecular weight excluding hydrogens is 483 g/mol. The molecule has 2 rings (SSSR count). The van der Waals surface area contributed by atoms with Crippen molar-refractivity contribution in [1.29, 1.82) is 0 Å². The zero-order valence-electron chi connectivity index (χ0n) is 17.4. The van der Waals surface area contributed by atoms with E-state index in [9.17, 15) is 35.7 Å². The Bertz CT molecular complexity index is 534. The second-order valence-corrected chi connectivity index (χ2v) is 7.52. The topological polar surface area (TPSA) is 291 Å². The molecule has 2 heterocycles. The van der Waals surface area contributed by atoms with E-state index in [1.54, 1.807) is 0 Å². The van der Waals surface area contributed by atoms with Crippen molar-refractivity contribution in [2.24, 2.45) is 0 Å². The summed E-state index contributed by atoms with van der Waals surface area (Å²) in [7, 11) is 0. The Hall–Kier alpha value is 0.360. The van der Waals surface area contributed by atoms with Crippen LogP contribution in [0.2, 0.25) is 0 Å². The summed E-state index contributed by atoms with van der Waals surface area (Å²) in [5.74, 6) is 0. The molecule has 0 amide bonds. The van der Waals surface area contributed by atoms with E-state index >= 15 is 0 Å². The van der Waals surface area contributed by atoms with Crippen LogP contribution in [0.5, 0.6) is 0 Å². The average molecular weight is 518 g/mol. The van der Waals surface area contributed by atoms with Crippen LogP contribution in [-0.2, 0) is 14.2 Å². The molecule has 13 atom stereocenters. The molecular formula is C17H35NaO16. The van der Waals surface area contributed by atoms with Crippen molar-refractivity contribution >= 4 is 29.6 Å². The van der Waals surface area contributed by atoms with Crippen molar-refractivity contribution in [3.8, 4) is 0 Å². The first-order valence-corrected chi connectivity index (χ1v) is 9.97. The molecule has 17 heteroatoms. The Kier molecular flexibility index (Phi) is 16.4. The van der Waals surface area contributed by atoms with Crippen molar-refractivity contribution < 1.29 is 80.6 Å². The van der Waals surface area contributed by atoms with Crippen molar-refractivity contribution in [2.45, 2.75) is 79.7 Å². The molecule has 0 aliphatic carbocycles. The number of ether oxygens (including phenoxy) is 3. The molecule has 2 saturated heterocycles. The predicted octanol–water partition coefficient (Wildman–Crippen LogP) is -8.99. The van der Waals surface area contributed by atoms with Crippen LogP contribution >= 0.6 is 0 Å². The van der Waals surface area contributed by atoms with Gasteiger partial charge in [0, 0.05) is 0 Å². The number of rotatable bonds is 8. The monoisotopic (exact) mass is 518 g/mol. The van der Waals surface area contributed by atoms with Gasteiger partial charge in [-0.1, -0.05) is 0 Å². The van der Waals surface area contributed by atoms with Crippen LogP contribution in [0.15, 0.2) is 0 Å². The molecule has 0 aromatic heterocycles. The van der Waals surface area contributed by atoms with E-state index in [4.69, 9.17) is 44.8 Å². The molecule has 0 unspecified atom stereocenters. The fraction of sp³-hybridized carbons (Fsp3) is 1.00. The first-order valence-electron chi connectivity index (χ1n) is 9.97. The van der Waals surface area contributed by atoms with Gasteiger partial charge in [0.05, 0.1) is 26.4 Å². The molecule has 200 valence electrons. The molecule has 34 heavy (non-hydrogen) atoms. The van der Waals surface area contributed by atoms with E-state index < -0.39 is 106 Å². The second kappa shape index (κ2) is 16.3. The summed E-state index contributed by atoms with van der Waals surface area (Å²) in [5.41, 5.74) is 0. The number of hydrogen-bond donors (Lipinski definition) is 13.